The van der Waals surface area contributed by atoms with Crippen molar-refractivity contribution in [2.24, 2.45) is 0 Å². The Labute approximate surface area is 149 Å². The largest absolute Gasteiger partial charge is 0.493 e. The van der Waals surface area contributed by atoms with Gasteiger partial charge in [0.15, 0.2) is 0 Å². The Morgan fingerprint density at radius 1 is 1.36 bits per heavy atom. The van der Waals surface area contributed by atoms with Crippen LogP contribution in [-0.2, 0) is 4.79 Å². The third kappa shape index (κ3) is 3.89. The second-order valence-corrected chi connectivity index (χ2v) is 6.85. The van der Waals surface area contributed by atoms with Crippen molar-refractivity contribution < 1.29 is 14.3 Å². The van der Waals surface area contributed by atoms with Gasteiger partial charge in [-0.05, 0) is 25.8 Å². The molecular formula is C19H27N3O3. The minimum absolute atomic E-state index is 0.0386. The van der Waals surface area contributed by atoms with E-state index < -0.39 is 0 Å². The quantitative estimate of drug-likeness (QED) is 0.910. The van der Waals surface area contributed by atoms with Crippen LogP contribution in [0.3, 0.4) is 0 Å². The SMILES string of the molecule is CCCN1CCCN(C(=O)N[C@@H](C)[C@@H]2COc3ccccc32)CC1=O. The first-order valence-corrected chi connectivity index (χ1v) is 9.15. The van der Waals surface area contributed by atoms with Gasteiger partial charge in [0.25, 0.3) is 0 Å². The average molecular weight is 345 g/mol. The molecule has 1 aromatic carbocycles. The Bertz CT molecular complexity index is 634. The van der Waals surface area contributed by atoms with E-state index in [1.54, 1.807) is 4.90 Å². The van der Waals surface area contributed by atoms with Gasteiger partial charge in [-0.3, -0.25) is 4.79 Å². The van der Waals surface area contributed by atoms with Gasteiger partial charge in [0.2, 0.25) is 5.91 Å². The van der Waals surface area contributed by atoms with Gasteiger partial charge in [0.1, 0.15) is 12.3 Å². The number of carbonyl (C=O) groups excluding carboxylic acids is 2. The first-order valence-electron chi connectivity index (χ1n) is 9.15. The number of nitrogens with zero attached hydrogens (tertiary/aromatic N) is 2. The minimum atomic E-state index is -0.163. The molecule has 6 heteroatoms. The molecule has 1 N–H and O–H groups in total. The number of ether oxygens (including phenoxy) is 1. The van der Waals surface area contributed by atoms with Crippen LogP contribution in [0.25, 0.3) is 0 Å². The summed E-state index contributed by atoms with van der Waals surface area (Å²) in [5.74, 6) is 1.07. The molecule has 0 aromatic heterocycles. The number of hydrogen-bond acceptors (Lipinski definition) is 3. The van der Waals surface area contributed by atoms with E-state index in [-0.39, 0.29) is 30.4 Å². The summed E-state index contributed by atoms with van der Waals surface area (Å²) in [5.41, 5.74) is 1.14. The van der Waals surface area contributed by atoms with Crippen molar-refractivity contribution in [2.45, 2.75) is 38.6 Å². The number of para-hydroxylation sites is 1. The number of fused-ring (bicyclic) bond motifs is 1. The lowest BCUT2D eigenvalue weighted by molar-refractivity contribution is -0.130. The summed E-state index contributed by atoms with van der Waals surface area (Å²) in [6.45, 7) is 6.90. The Morgan fingerprint density at radius 2 is 2.16 bits per heavy atom. The lowest BCUT2D eigenvalue weighted by Gasteiger charge is -2.26. The fourth-order valence-electron chi connectivity index (χ4n) is 3.59. The standard InChI is InChI=1S/C19H27N3O3/c1-3-9-21-10-6-11-22(12-18(21)23)19(24)20-14(2)16-13-25-17-8-5-4-7-15(16)17/h4-5,7-8,14,16H,3,6,9-13H2,1-2H3,(H,20,24)/t14-,16-/m0/s1. The summed E-state index contributed by atoms with van der Waals surface area (Å²) >= 11 is 0. The predicted octanol–water partition coefficient (Wildman–Crippen LogP) is 2.21. The molecule has 3 rings (SSSR count). The maximum atomic E-state index is 12.6. The molecule has 0 aliphatic carbocycles. The fraction of sp³-hybridized carbons (Fsp3) is 0.579. The molecule has 2 aliphatic rings. The molecule has 0 bridgehead atoms. The molecule has 1 fully saturated rings. The van der Waals surface area contributed by atoms with Crippen LogP contribution in [0.15, 0.2) is 24.3 Å². The second-order valence-electron chi connectivity index (χ2n) is 6.85. The zero-order valence-corrected chi connectivity index (χ0v) is 15.0. The molecule has 2 aliphatic heterocycles. The molecule has 2 atom stereocenters. The summed E-state index contributed by atoms with van der Waals surface area (Å²) in [6, 6.07) is 7.73. The lowest BCUT2D eigenvalue weighted by Crippen LogP contribution is -2.48. The highest BCUT2D eigenvalue weighted by atomic mass is 16.5. The van der Waals surface area contributed by atoms with Crippen LogP contribution in [0.4, 0.5) is 4.79 Å². The van der Waals surface area contributed by atoms with Crippen LogP contribution < -0.4 is 10.1 Å². The number of carbonyl (C=O) groups is 2. The van der Waals surface area contributed by atoms with Gasteiger partial charge in [0.05, 0.1) is 6.61 Å². The lowest BCUT2D eigenvalue weighted by atomic mass is 9.94. The molecule has 136 valence electrons. The predicted molar refractivity (Wildman–Crippen MR) is 95.7 cm³/mol. The smallest absolute Gasteiger partial charge is 0.318 e. The number of benzene rings is 1. The topological polar surface area (TPSA) is 61.9 Å². The molecule has 2 heterocycles. The fourth-order valence-corrected chi connectivity index (χ4v) is 3.59. The normalized spacial score (nSPS) is 21.4. The first-order chi connectivity index (χ1) is 12.1. The maximum absolute atomic E-state index is 12.6. The van der Waals surface area contributed by atoms with Crippen molar-refractivity contribution in [3.8, 4) is 5.75 Å². The molecule has 0 radical (unpaired) electrons. The van der Waals surface area contributed by atoms with Crippen molar-refractivity contribution >= 4 is 11.9 Å². The van der Waals surface area contributed by atoms with Crippen molar-refractivity contribution in [1.29, 1.82) is 0 Å². The van der Waals surface area contributed by atoms with Crippen LogP contribution in [0.1, 0.15) is 38.2 Å². The zero-order chi connectivity index (χ0) is 17.8. The Kier molecular flexibility index (Phi) is 5.46. The molecule has 0 spiro atoms. The summed E-state index contributed by atoms with van der Waals surface area (Å²) in [5, 5.41) is 3.06. The van der Waals surface area contributed by atoms with E-state index in [4.69, 9.17) is 4.74 Å². The minimum Gasteiger partial charge on any atom is -0.493 e. The number of urea groups is 1. The first kappa shape index (κ1) is 17.6. The highest BCUT2D eigenvalue weighted by molar-refractivity contribution is 5.84. The third-order valence-electron chi connectivity index (χ3n) is 5.01. The van der Waals surface area contributed by atoms with Crippen LogP contribution >= 0.6 is 0 Å². The maximum Gasteiger partial charge on any atom is 0.318 e. The van der Waals surface area contributed by atoms with Gasteiger partial charge in [-0.25, -0.2) is 4.79 Å². The molecule has 1 saturated heterocycles. The third-order valence-corrected chi connectivity index (χ3v) is 5.01. The van der Waals surface area contributed by atoms with Crippen LogP contribution in [-0.4, -0.2) is 60.6 Å². The molecule has 25 heavy (non-hydrogen) atoms. The van der Waals surface area contributed by atoms with Crippen LogP contribution in [0.5, 0.6) is 5.75 Å². The Morgan fingerprint density at radius 3 is 2.96 bits per heavy atom. The van der Waals surface area contributed by atoms with E-state index in [2.05, 4.69) is 12.2 Å². The van der Waals surface area contributed by atoms with Crippen LogP contribution in [0.2, 0.25) is 0 Å². The van der Waals surface area contributed by atoms with Gasteiger partial charge >= 0.3 is 6.03 Å². The average Bonchev–Trinajstić information content (AvgIpc) is 2.95. The number of nitrogens with one attached hydrogen (secondary N) is 1. The van der Waals surface area contributed by atoms with Gasteiger partial charge < -0.3 is 19.9 Å². The van der Waals surface area contributed by atoms with Crippen molar-refractivity contribution in [3.05, 3.63) is 29.8 Å². The molecule has 0 unspecified atom stereocenters. The van der Waals surface area contributed by atoms with E-state index in [0.717, 1.165) is 37.2 Å². The number of hydrogen-bond donors (Lipinski definition) is 1. The summed E-state index contributed by atoms with van der Waals surface area (Å²) in [4.78, 5) is 28.4. The highest BCUT2D eigenvalue weighted by Gasteiger charge is 2.31. The van der Waals surface area contributed by atoms with Gasteiger partial charge in [-0.2, -0.15) is 0 Å². The van der Waals surface area contributed by atoms with Gasteiger partial charge in [0, 0.05) is 37.2 Å². The highest BCUT2D eigenvalue weighted by Crippen LogP contribution is 2.35. The molecular weight excluding hydrogens is 318 g/mol. The summed E-state index contributed by atoms with van der Waals surface area (Å²) in [7, 11) is 0. The molecule has 0 saturated carbocycles. The van der Waals surface area contributed by atoms with E-state index in [1.807, 2.05) is 36.1 Å². The van der Waals surface area contributed by atoms with Crippen molar-refractivity contribution in [1.82, 2.24) is 15.1 Å². The molecule has 3 amide bonds. The Hall–Kier alpha value is -2.24. The monoisotopic (exact) mass is 345 g/mol. The van der Waals surface area contributed by atoms with Gasteiger partial charge in [-0.1, -0.05) is 25.1 Å². The summed E-state index contributed by atoms with van der Waals surface area (Å²) < 4.78 is 5.71. The van der Waals surface area contributed by atoms with Crippen LogP contribution in [0, 0.1) is 0 Å². The molecule has 1 aromatic rings. The van der Waals surface area contributed by atoms with Crippen molar-refractivity contribution in [3.63, 3.8) is 0 Å². The number of amides is 3. The number of rotatable bonds is 4. The van der Waals surface area contributed by atoms with E-state index >= 15 is 0 Å². The second kappa shape index (κ2) is 7.76. The Balaban J connectivity index is 1.59. The van der Waals surface area contributed by atoms with Gasteiger partial charge in [-0.15, -0.1) is 0 Å². The zero-order valence-electron chi connectivity index (χ0n) is 15.0. The van der Waals surface area contributed by atoms with E-state index in [9.17, 15) is 9.59 Å². The summed E-state index contributed by atoms with van der Waals surface area (Å²) in [6.07, 6.45) is 1.76. The van der Waals surface area contributed by atoms with Crippen molar-refractivity contribution in [2.75, 3.05) is 32.8 Å². The molecule has 6 nitrogen and oxygen atoms in total. The van der Waals surface area contributed by atoms with E-state index in [1.165, 1.54) is 0 Å². The van der Waals surface area contributed by atoms with E-state index in [0.29, 0.717) is 13.2 Å².